The number of methoxy groups -OCH3 is 1. The van der Waals surface area contributed by atoms with E-state index in [0.29, 0.717) is 18.7 Å². The molecule has 27 heavy (non-hydrogen) atoms. The molecule has 0 aromatic heterocycles. The van der Waals surface area contributed by atoms with Crippen molar-refractivity contribution in [2.45, 2.75) is 23.4 Å². The topological polar surface area (TPSA) is 87.7 Å². The van der Waals surface area contributed by atoms with E-state index in [-0.39, 0.29) is 15.8 Å². The first-order valence-corrected chi connectivity index (χ1v) is 10.3. The fourth-order valence-corrected chi connectivity index (χ4v) is 5.17. The Hall–Kier alpha value is -2.29. The Morgan fingerprint density at radius 2 is 2.04 bits per heavy atom. The molecule has 1 saturated heterocycles. The summed E-state index contributed by atoms with van der Waals surface area (Å²) in [5, 5.41) is 3.10. The molecule has 0 spiro atoms. The van der Waals surface area contributed by atoms with Crippen molar-refractivity contribution in [2.75, 3.05) is 23.9 Å². The lowest BCUT2D eigenvalue weighted by atomic mass is 10.1. The van der Waals surface area contributed by atoms with Crippen LogP contribution in [0.4, 0.5) is 11.4 Å². The summed E-state index contributed by atoms with van der Waals surface area (Å²) in [7, 11) is -2.31. The van der Waals surface area contributed by atoms with E-state index in [1.807, 2.05) is 29.2 Å². The van der Waals surface area contributed by atoms with Crippen LogP contribution < -0.4 is 19.7 Å². The molecule has 9 heteroatoms. The van der Waals surface area contributed by atoms with Crippen LogP contribution in [0.1, 0.15) is 6.42 Å². The lowest BCUT2D eigenvalue weighted by molar-refractivity contribution is -0.117. The van der Waals surface area contributed by atoms with Crippen LogP contribution in [0, 0.1) is 0 Å². The van der Waals surface area contributed by atoms with Gasteiger partial charge in [0.05, 0.1) is 28.4 Å². The number of nitrogens with zero attached hydrogens (tertiary/aromatic N) is 1. The molecule has 4 rings (SSSR count). The largest absolute Gasteiger partial charge is 0.495 e. The third-order valence-electron chi connectivity index (χ3n) is 4.83. The molecule has 1 amide bonds. The molecular weight excluding hydrogens is 390 g/mol. The molecule has 2 N–H and O–H groups in total. The Balaban J connectivity index is 1.56. The SMILES string of the molecule is COc1ccc(S(=O)(=O)N[C@H]2C[C@H]3C(=O)Nc4ccccc4N3C2)cc1Cl. The molecule has 2 aromatic carbocycles. The Bertz CT molecular complexity index is 1010. The zero-order valence-electron chi connectivity index (χ0n) is 14.5. The smallest absolute Gasteiger partial charge is 0.247 e. The Labute approximate surface area is 162 Å². The first-order valence-electron chi connectivity index (χ1n) is 8.41. The number of ether oxygens (including phenoxy) is 1. The Morgan fingerprint density at radius 1 is 1.26 bits per heavy atom. The average molecular weight is 408 g/mol. The van der Waals surface area contributed by atoms with Crippen molar-refractivity contribution in [3.05, 3.63) is 47.5 Å². The summed E-state index contributed by atoms with van der Waals surface area (Å²) in [4.78, 5) is 14.4. The summed E-state index contributed by atoms with van der Waals surface area (Å²) in [5.41, 5.74) is 1.64. The maximum Gasteiger partial charge on any atom is 0.247 e. The Morgan fingerprint density at radius 3 is 2.78 bits per heavy atom. The van der Waals surface area contributed by atoms with Gasteiger partial charge in [-0.15, -0.1) is 0 Å². The highest BCUT2D eigenvalue weighted by Gasteiger charge is 2.42. The first-order chi connectivity index (χ1) is 12.9. The number of sulfonamides is 1. The van der Waals surface area contributed by atoms with Gasteiger partial charge in [0.15, 0.2) is 0 Å². The summed E-state index contributed by atoms with van der Waals surface area (Å²) in [6.45, 7) is 0.415. The number of para-hydroxylation sites is 2. The van der Waals surface area contributed by atoms with Crippen LogP contribution in [-0.4, -0.2) is 40.1 Å². The van der Waals surface area contributed by atoms with Gasteiger partial charge in [-0.2, -0.15) is 0 Å². The molecule has 0 unspecified atom stereocenters. The lowest BCUT2D eigenvalue weighted by Crippen LogP contribution is -2.44. The van der Waals surface area contributed by atoms with Crippen LogP contribution in [0.25, 0.3) is 0 Å². The van der Waals surface area contributed by atoms with E-state index in [1.165, 1.54) is 25.3 Å². The number of carbonyl (C=O) groups is 1. The van der Waals surface area contributed by atoms with E-state index in [1.54, 1.807) is 0 Å². The number of carbonyl (C=O) groups excluding carboxylic acids is 1. The number of nitrogens with one attached hydrogen (secondary N) is 2. The highest BCUT2D eigenvalue weighted by atomic mass is 35.5. The zero-order valence-corrected chi connectivity index (χ0v) is 16.0. The zero-order chi connectivity index (χ0) is 19.2. The summed E-state index contributed by atoms with van der Waals surface area (Å²) < 4.78 is 33.2. The minimum Gasteiger partial charge on any atom is -0.495 e. The second-order valence-corrected chi connectivity index (χ2v) is 8.65. The molecule has 2 atom stereocenters. The summed E-state index contributed by atoms with van der Waals surface area (Å²) in [6, 6.07) is 11.0. The van der Waals surface area contributed by atoms with Crippen molar-refractivity contribution in [3.63, 3.8) is 0 Å². The molecule has 0 saturated carbocycles. The minimum atomic E-state index is -3.78. The summed E-state index contributed by atoms with van der Waals surface area (Å²) in [5.74, 6) is 0.282. The molecule has 0 aliphatic carbocycles. The van der Waals surface area contributed by atoms with Crippen LogP contribution in [0.15, 0.2) is 47.4 Å². The van der Waals surface area contributed by atoms with Crippen molar-refractivity contribution in [2.24, 2.45) is 0 Å². The van der Waals surface area contributed by atoms with E-state index in [4.69, 9.17) is 16.3 Å². The number of amides is 1. The van der Waals surface area contributed by atoms with Gasteiger partial charge < -0.3 is 15.0 Å². The van der Waals surface area contributed by atoms with Crippen molar-refractivity contribution >= 4 is 38.9 Å². The van der Waals surface area contributed by atoms with E-state index in [0.717, 1.165) is 11.4 Å². The molecular formula is C18H18ClN3O4S. The van der Waals surface area contributed by atoms with Crippen molar-refractivity contribution in [3.8, 4) is 5.75 Å². The highest BCUT2D eigenvalue weighted by molar-refractivity contribution is 7.89. The number of fused-ring (bicyclic) bond motifs is 3. The van der Waals surface area contributed by atoms with E-state index >= 15 is 0 Å². The van der Waals surface area contributed by atoms with Gasteiger partial charge in [0, 0.05) is 12.6 Å². The quantitative estimate of drug-likeness (QED) is 0.811. The third-order valence-corrected chi connectivity index (χ3v) is 6.64. The fraction of sp³-hybridized carbons (Fsp3) is 0.278. The standard InChI is InChI=1S/C18H18ClN3O4S/c1-26-17-7-6-12(9-13(17)19)27(24,25)21-11-8-16-18(23)20-14-4-2-3-5-15(14)22(16)10-11/h2-7,9,11,16,21H,8,10H2,1H3,(H,20,23)/t11-,16-/m0/s1. The van der Waals surface area contributed by atoms with Crippen molar-refractivity contribution in [1.29, 1.82) is 0 Å². The van der Waals surface area contributed by atoms with Gasteiger partial charge in [-0.3, -0.25) is 4.79 Å². The molecule has 0 bridgehead atoms. The predicted octanol–water partition coefficient (Wildman–Crippen LogP) is 2.23. The van der Waals surface area contributed by atoms with E-state index < -0.39 is 22.1 Å². The van der Waals surface area contributed by atoms with Crippen LogP contribution in [-0.2, 0) is 14.8 Å². The number of benzene rings is 2. The first kappa shape index (κ1) is 18.1. The minimum absolute atomic E-state index is 0.0584. The van der Waals surface area contributed by atoms with Crippen LogP contribution in [0.2, 0.25) is 5.02 Å². The van der Waals surface area contributed by atoms with Gasteiger partial charge in [0.25, 0.3) is 0 Å². The van der Waals surface area contributed by atoms with E-state index in [2.05, 4.69) is 10.0 Å². The molecule has 142 valence electrons. The summed E-state index contributed by atoms with van der Waals surface area (Å²) >= 11 is 6.05. The number of halogens is 1. The third kappa shape index (κ3) is 3.24. The van der Waals surface area contributed by atoms with Gasteiger partial charge in [-0.25, -0.2) is 13.1 Å². The number of rotatable bonds is 4. The van der Waals surface area contributed by atoms with Gasteiger partial charge in [0.2, 0.25) is 15.9 Å². The number of hydrogen-bond acceptors (Lipinski definition) is 5. The highest BCUT2D eigenvalue weighted by Crippen LogP contribution is 2.36. The molecule has 2 heterocycles. The maximum absolute atomic E-state index is 12.7. The molecule has 2 aliphatic rings. The van der Waals surface area contributed by atoms with E-state index in [9.17, 15) is 13.2 Å². The van der Waals surface area contributed by atoms with Crippen molar-refractivity contribution in [1.82, 2.24) is 4.72 Å². The second-order valence-electron chi connectivity index (χ2n) is 6.52. The molecule has 1 fully saturated rings. The molecule has 0 radical (unpaired) electrons. The van der Waals surface area contributed by atoms with Gasteiger partial charge in [-0.05, 0) is 36.8 Å². The molecule has 2 aromatic rings. The summed E-state index contributed by atoms with van der Waals surface area (Å²) in [6.07, 6.45) is 0.392. The maximum atomic E-state index is 12.7. The second kappa shape index (κ2) is 6.70. The van der Waals surface area contributed by atoms with Crippen LogP contribution in [0.5, 0.6) is 5.75 Å². The monoisotopic (exact) mass is 407 g/mol. The van der Waals surface area contributed by atoms with Crippen LogP contribution >= 0.6 is 11.6 Å². The van der Waals surface area contributed by atoms with Gasteiger partial charge in [0.1, 0.15) is 11.8 Å². The van der Waals surface area contributed by atoms with Gasteiger partial charge >= 0.3 is 0 Å². The average Bonchev–Trinajstić information content (AvgIpc) is 3.05. The van der Waals surface area contributed by atoms with Crippen molar-refractivity contribution < 1.29 is 17.9 Å². The van der Waals surface area contributed by atoms with Crippen LogP contribution in [0.3, 0.4) is 0 Å². The lowest BCUT2D eigenvalue weighted by Gasteiger charge is -2.32. The fourth-order valence-electron chi connectivity index (χ4n) is 3.58. The predicted molar refractivity (Wildman–Crippen MR) is 103 cm³/mol. The normalized spacial score (nSPS) is 21.4. The molecule has 2 aliphatic heterocycles. The number of anilines is 2. The van der Waals surface area contributed by atoms with Gasteiger partial charge in [-0.1, -0.05) is 23.7 Å². The molecule has 7 nitrogen and oxygen atoms in total. The number of hydrogen-bond donors (Lipinski definition) is 2. The Kier molecular flexibility index (Phi) is 4.49.